The third-order valence-corrected chi connectivity index (χ3v) is 4.63. The summed E-state index contributed by atoms with van der Waals surface area (Å²) in [7, 11) is 0. The maximum Gasteiger partial charge on any atom is 0.408 e. The first kappa shape index (κ1) is 21.9. The Morgan fingerprint density at radius 1 is 1.10 bits per heavy atom. The van der Waals surface area contributed by atoms with Crippen LogP contribution in [-0.2, 0) is 6.54 Å². The van der Waals surface area contributed by atoms with Gasteiger partial charge in [0.2, 0.25) is 5.89 Å². The topological polar surface area (TPSA) is 110 Å². The van der Waals surface area contributed by atoms with Crippen LogP contribution in [0.1, 0.15) is 36.8 Å². The summed E-state index contributed by atoms with van der Waals surface area (Å²) in [5.41, 5.74) is 5.09. The zero-order valence-corrected chi connectivity index (χ0v) is 17.1. The molecule has 9 heteroatoms. The van der Waals surface area contributed by atoms with Crippen molar-refractivity contribution in [2.75, 3.05) is 0 Å². The van der Waals surface area contributed by atoms with Gasteiger partial charge in [-0.25, -0.2) is 18.6 Å². The van der Waals surface area contributed by atoms with Gasteiger partial charge >= 0.3 is 6.09 Å². The molecule has 0 aliphatic rings. The van der Waals surface area contributed by atoms with Gasteiger partial charge in [-0.1, -0.05) is 30.3 Å². The molecule has 2 aromatic carbocycles. The minimum atomic E-state index is -1.06. The standard InChI is InChI=1S/C22H21F2N3O4/c1-22(2,3)27(21(29)30)11-12-7-9-13(10-8-12)18-17(19(25)28)26-20(31-18)16-14(23)5-4-6-15(16)24/h4-10H,11H2,1-3H3,(H2,25,28)(H,29,30). The van der Waals surface area contributed by atoms with Crippen molar-refractivity contribution in [1.82, 2.24) is 9.88 Å². The van der Waals surface area contributed by atoms with Crippen LogP contribution < -0.4 is 5.73 Å². The van der Waals surface area contributed by atoms with E-state index < -0.39 is 40.6 Å². The van der Waals surface area contributed by atoms with E-state index in [1.54, 1.807) is 45.0 Å². The monoisotopic (exact) mass is 429 g/mol. The van der Waals surface area contributed by atoms with Crippen LogP contribution in [0.2, 0.25) is 0 Å². The van der Waals surface area contributed by atoms with E-state index in [4.69, 9.17) is 10.2 Å². The maximum atomic E-state index is 14.1. The molecule has 2 amide bonds. The van der Waals surface area contributed by atoms with Gasteiger partial charge in [0, 0.05) is 17.6 Å². The number of hydrogen-bond donors (Lipinski definition) is 2. The number of amides is 2. The summed E-state index contributed by atoms with van der Waals surface area (Å²) in [4.78, 5) is 28.6. The number of rotatable bonds is 5. The van der Waals surface area contributed by atoms with Crippen LogP contribution in [0.15, 0.2) is 46.9 Å². The van der Waals surface area contributed by atoms with Gasteiger partial charge in [-0.3, -0.25) is 9.69 Å². The Hall–Kier alpha value is -3.75. The number of primary amides is 1. The second kappa shape index (κ2) is 8.17. The van der Waals surface area contributed by atoms with Gasteiger partial charge in [0.15, 0.2) is 11.5 Å². The Morgan fingerprint density at radius 3 is 2.16 bits per heavy atom. The summed E-state index contributed by atoms with van der Waals surface area (Å²) in [5, 5.41) is 9.45. The number of nitrogens with zero attached hydrogens (tertiary/aromatic N) is 2. The highest BCUT2D eigenvalue weighted by Gasteiger charge is 2.27. The van der Waals surface area contributed by atoms with Crippen molar-refractivity contribution >= 4 is 12.0 Å². The lowest BCUT2D eigenvalue weighted by atomic mass is 10.0. The van der Waals surface area contributed by atoms with Crippen LogP contribution in [0.4, 0.5) is 13.6 Å². The fourth-order valence-electron chi connectivity index (χ4n) is 3.03. The van der Waals surface area contributed by atoms with E-state index in [2.05, 4.69) is 4.98 Å². The van der Waals surface area contributed by atoms with Crippen molar-refractivity contribution in [2.45, 2.75) is 32.9 Å². The van der Waals surface area contributed by atoms with Gasteiger partial charge in [-0.15, -0.1) is 0 Å². The molecule has 0 bridgehead atoms. The number of aromatic nitrogens is 1. The quantitative estimate of drug-likeness (QED) is 0.613. The minimum absolute atomic E-state index is 0.0392. The number of benzene rings is 2. The van der Waals surface area contributed by atoms with Crippen LogP contribution in [-0.4, -0.2) is 32.5 Å². The van der Waals surface area contributed by atoms with Crippen LogP contribution in [0.3, 0.4) is 0 Å². The van der Waals surface area contributed by atoms with Crippen molar-refractivity contribution in [3.63, 3.8) is 0 Å². The van der Waals surface area contributed by atoms with Gasteiger partial charge in [0.05, 0.1) is 0 Å². The Morgan fingerprint density at radius 2 is 1.68 bits per heavy atom. The van der Waals surface area contributed by atoms with E-state index in [1.165, 1.54) is 11.0 Å². The van der Waals surface area contributed by atoms with Crippen LogP contribution in [0.25, 0.3) is 22.8 Å². The molecule has 3 N–H and O–H groups in total. The first-order chi connectivity index (χ1) is 14.5. The summed E-state index contributed by atoms with van der Waals surface area (Å²) in [6, 6.07) is 9.79. The summed E-state index contributed by atoms with van der Waals surface area (Å²) in [6.45, 7) is 5.50. The van der Waals surface area contributed by atoms with Crippen molar-refractivity contribution < 1.29 is 27.9 Å². The maximum absolute atomic E-state index is 14.1. The van der Waals surface area contributed by atoms with Crippen LogP contribution >= 0.6 is 0 Å². The predicted octanol–water partition coefficient (Wildman–Crippen LogP) is 4.66. The molecule has 0 unspecified atom stereocenters. The molecule has 162 valence electrons. The Labute approximate surface area is 177 Å². The van der Waals surface area contributed by atoms with E-state index in [0.717, 1.165) is 12.1 Å². The summed E-state index contributed by atoms with van der Waals surface area (Å²) in [6.07, 6.45) is -1.06. The van der Waals surface area contributed by atoms with E-state index in [-0.39, 0.29) is 18.0 Å². The molecule has 0 aliphatic carbocycles. The van der Waals surface area contributed by atoms with Crippen LogP contribution in [0, 0.1) is 11.6 Å². The lowest BCUT2D eigenvalue weighted by Gasteiger charge is -2.33. The molecule has 0 saturated carbocycles. The van der Waals surface area contributed by atoms with Crippen molar-refractivity contribution in [3.05, 3.63) is 65.4 Å². The number of nitrogens with two attached hydrogens (primary N) is 1. The molecule has 0 atom stereocenters. The molecule has 31 heavy (non-hydrogen) atoms. The van der Waals surface area contributed by atoms with E-state index in [0.29, 0.717) is 11.1 Å². The number of carboxylic acid groups (broad SMARTS) is 1. The first-order valence-corrected chi connectivity index (χ1v) is 9.34. The van der Waals surface area contributed by atoms with E-state index >= 15 is 0 Å². The summed E-state index contributed by atoms with van der Waals surface area (Å²) in [5.74, 6) is -3.16. The van der Waals surface area contributed by atoms with Crippen molar-refractivity contribution in [3.8, 4) is 22.8 Å². The molecule has 0 fully saturated rings. The lowest BCUT2D eigenvalue weighted by molar-refractivity contribution is 0.0953. The van der Waals surface area contributed by atoms with Crippen molar-refractivity contribution in [1.29, 1.82) is 0 Å². The zero-order chi connectivity index (χ0) is 22.9. The number of carbonyl (C=O) groups excluding carboxylic acids is 1. The second-order valence-electron chi connectivity index (χ2n) is 7.89. The van der Waals surface area contributed by atoms with E-state index in [9.17, 15) is 23.5 Å². The lowest BCUT2D eigenvalue weighted by Crippen LogP contribution is -2.44. The fourth-order valence-corrected chi connectivity index (χ4v) is 3.03. The minimum Gasteiger partial charge on any atom is -0.465 e. The average Bonchev–Trinajstić information content (AvgIpc) is 3.10. The third kappa shape index (κ3) is 4.55. The molecular formula is C22H21F2N3O4. The highest BCUT2D eigenvalue weighted by atomic mass is 19.1. The highest BCUT2D eigenvalue weighted by molar-refractivity contribution is 5.97. The number of halogens is 2. The highest BCUT2D eigenvalue weighted by Crippen LogP contribution is 2.32. The van der Waals surface area contributed by atoms with Gasteiger partial charge in [0.1, 0.15) is 17.2 Å². The molecule has 3 rings (SSSR count). The molecule has 1 aromatic heterocycles. The molecular weight excluding hydrogens is 408 g/mol. The van der Waals surface area contributed by atoms with Gasteiger partial charge < -0.3 is 15.3 Å². The average molecular weight is 429 g/mol. The molecule has 3 aromatic rings. The largest absolute Gasteiger partial charge is 0.465 e. The molecule has 0 aliphatic heterocycles. The third-order valence-electron chi connectivity index (χ3n) is 4.63. The molecule has 0 radical (unpaired) electrons. The smallest absolute Gasteiger partial charge is 0.408 e. The molecule has 7 nitrogen and oxygen atoms in total. The molecule has 1 heterocycles. The Kier molecular flexibility index (Phi) is 5.79. The summed E-state index contributed by atoms with van der Waals surface area (Å²) < 4.78 is 33.7. The van der Waals surface area contributed by atoms with Gasteiger partial charge in [-0.2, -0.15) is 0 Å². The number of oxazole rings is 1. The predicted molar refractivity (Wildman–Crippen MR) is 109 cm³/mol. The van der Waals surface area contributed by atoms with Crippen molar-refractivity contribution in [2.24, 2.45) is 5.73 Å². The second-order valence-corrected chi connectivity index (χ2v) is 7.89. The summed E-state index contributed by atoms with van der Waals surface area (Å²) >= 11 is 0. The van der Waals surface area contributed by atoms with E-state index in [1.807, 2.05) is 0 Å². The Balaban J connectivity index is 1.99. The fraction of sp³-hybridized carbons (Fsp3) is 0.227. The zero-order valence-electron chi connectivity index (χ0n) is 17.1. The van der Waals surface area contributed by atoms with Crippen LogP contribution in [0.5, 0.6) is 0 Å². The Bertz CT molecular complexity index is 1110. The molecule has 0 spiro atoms. The number of carbonyl (C=O) groups is 2. The number of hydrogen-bond acceptors (Lipinski definition) is 4. The molecule has 0 saturated heterocycles. The van der Waals surface area contributed by atoms with Gasteiger partial charge in [0.25, 0.3) is 5.91 Å². The van der Waals surface area contributed by atoms with Gasteiger partial charge in [-0.05, 0) is 38.5 Å². The first-order valence-electron chi connectivity index (χ1n) is 9.34. The SMILES string of the molecule is CC(C)(C)N(Cc1ccc(-c2oc(-c3c(F)cccc3F)nc2C(N)=O)cc1)C(=O)O. The normalized spacial score (nSPS) is 11.4.